The zero-order chi connectivity index (χ0) is 12.2. The predicted molar refractivity (Wildman–Crippen MR) is 71.0 cm³/mol. The standard InChI is InChI=1S/C13H19NOS/c1-5-12(15)14-10-6-8-11(9-7-10)16-13(2,3)4/h6-9H,5H2,1-4H3,(H,14,15). The predicted octanol–water partition coefficient (Wildman–Crippen LogP) is 3.93. The van der Waals surface area contributed by atoms with E-state index in [0.29, 0.717) is 6.42 Å². The molecule has 16 heavy (non-hydrogen) atoms. The van der Waals surface area contributed by atoms with Gasteiger partial charge in [-0.2, -0.15) is 0 Å². The van der Waals surface area contributed by atoms with E-state index in [0.717, 1.165) is 5.69 Å². The number of hydrogen-bond acceptors (Lipinski definition) is 2. The summed E-state index contributed by atoms with van der Waals surface area (Å²) < 4.78 is 0.216. The number of nitrogens with one attached hydrogen (secondary N) is 1. The van der Waals surface area contributed by atoms with Crippen LogP contribution in [-0.4, -0.2) is 10.7 Å². The molecule has 0 aliphatic rings. The molecule has 0 spiro atoms. The van der Waals surface area contributed by atoms with E-state index < -0.39 is 0 Å². The third kappa shape index (κ3) is 4.71. The average molecular weight is 237 g/mol. The van der Waals surface area contributed by atoms with Gasteiger partial charge in [-0.3, -0.25) is 4.79 Å². The van der Waals surface area contributed by atoms with Gasteiger partial charge in [-0.05, 0) is 24.3 Å². The van der Waals surface area contributed by atoms with Crippen LogP contribution in [0.5, 0.6) is 0 Å². The Labute approximate surface area is 102 Å². The van der Waals surface area contributed by atoms with Gasteiger partial charge in [-0.1, -0.05) is 27.7 Å². The first-order valence-corrected chi connectivity index (χ1v) is 6.31. The lowest BCUT2D eigenvalue weighted by Crippen LogP contribution is -2.09. The topological polar surface area (TPSA) is 29.1 Å². The van der Waals surface area contributed by atoms with Crippen LogP contribution in [0.4, 0.5) is 5.69 Å². The highest BCUT2D eigenvalue weighted by atomic mass is 32.2. The minimum Gasteiger partial charge on any atom is -0.326 e. The molecular weight excluding hydrogens is 218 g/mol. The molecule has 0 unspecified atom stereocenters. The quantitative estimate of drug-likeness (QED) is 0.807. The van der Waals surface area contributed by atoms with Crippen molar-refractivity contribution in [2.24, 2.45) is 0 Å². The first-order chi connectivity index (χ1) is 7.40. The van der Waals surface area contributed by atoms with Gasteiger partial charge in [0.25, 0.3) is 0 Å². The molecule has 88 valence electrons. The fraction of sp³-hybridized carbons (Fsp3) is 0.462. The van der Waals surface area contributed by atoms with Crippen molar-refractivity contribution in [2.75, 3.05) is 5.32 Å². The normalized spacial score (nSPS) is 11.2. The number of carbonyl (C=O) groups excluding carboxylic acids is 1. The molecule has 1 N–H and O–H groups in total. The SMILES string of the molecule is CCC(=O)Nc1ccc(SC(C)(C)C)cc1. The highest BCUT2D eigenvalue weighted by Gasteiger charge is 2.11. The minimum atomic E-state index is 0.0521. The van der Waals surface area contributed by atoms with Gasteiger partial charge in [-0.25, -0.2) is 0 Å². The lowest BCUT2D eigenvalue weighted by Gasteiger charge is -2.17. The van der Waals surface area contributed by atoms with Crippen molar-refractivity contribution < 1.29 is 4.79 Å². The summed E-state index contributed by atoms with van der Waals surface area (Å²) in [6, 6.07) is 7.98. The molecule has 3 heteroatoms. The minimum absolute atomic E-state index is 0.0521. The lowest BCUT2D eigenvalue weighted by atomic mass is 10.3. The fourth-order valence-electron chi connectivity index (χ4n) is 1.21. The van der Waals surface area contributed by atoms with Crippen molar-refractivity contribution in [3.63, 3.8) is 0 Å². The molecule has 2 nitrogen and oxygen atoms in total. The highest BCUT2D eigenvalue weighted by Crippen LogP contribution is 2.32. The van der Waals surface area contributed by atoms with Crippen LogP contribution in [0.3, 0.4) is 0 Å². The van der Waals surface area contributed by atoms with E-state index in [-0.39, 0.29) is 10.7 Å². The van der Waals surface area contributed by atoms with Crippen LogP contribution in [-0.2, 0) is 4.79 Å². The maximum atomic E-state index is 11.2. The molecular formula is C13H19NOS. The van der Waals surface area contributed by atoms with Gasteiger partial charge < -0.3 is 5.32 Å². The number of hydrogen-bond donors (Lipinski definition) is 1. The first-order valence-electron chi connectivity index (χ1n) is 5.49. The maximum absolute atomic E-state index is 11.2. The van der Waals surface area contributed by atoms with Crippen LogP contribution in [0, 0.1) is 0 Å². The molecule has 0 heterocycles. The number of thioether (sulfide) groups is 1. The molecule has 0 aromatic heterocycles. The Morgan fingerprint density at radius 1 is 1.25 bits per heavy atom. The summed E-state index contributed by atoms with van der Waals surface area (Å²) in [6.45, 7) is 8.40. The molecule has 1 aromatic rings. The molecule has 1 amide bonds. The second-order valence-electron chi connectivity index (χ2n) is 4.64. The van der Waals surface area contributed by atoms with E-state index in [1.54, 1.807) is 0 Å². The third-order valence-corrected chi connectivity index (χ3v) is 3.00. The number of carbonyl (C=O) groups is 1. The Balaban J connectivity index is 2.64. The van der Waals surface area contributed by atoms with Gasteiger partial charge in [0.1, 0.15) is 0 Å². The summed E-state index contributed by atoms with van der Waals surface area (Å²) in [7, 11) is 0. The Bertz CT molecular complexity index is 351. The monoisotopic (exact) mass is 237 g/mol. The number of anilines is 1. The summed E-state index contributed by atoms with van der Waals surface area (Å²) >= 11 is 1.82. The molecule has 0 aliphatic carbocycles. The molecule has 0 aliphatic heterocycles. The van der Waals surface area contributed by atoms with Crippen LogP contribution >= 0.6 is 11.8 Å². The van der Waals surface area contributed by atoms with Crippen molar-refractivity contribution in [1.82, 2.24) is 0 Å². The van der Waals surface area contributed by atoms with E-state index in [1.165, 1.54) is 4.90 Å². The van der Waals surface area contributed by atoms with Crippen LogP contribution in [0.15, 0.2) is 29.2 Å². The number of rotatable bonds is 3. The van der Waals surface area contributed by atoms with Crippen molar-refractivity contribution >= 4 is 23.4 Å². The Morgan fingerprint density at radius 3 is 2.25 bits per heavy atom. The summed E-state index contributed by atoms with van der Waals surface area (Å²) in [5, 5.41) is 2.83. The maximum Gasteiger partial charge on any atom is 0.224 e. The van der Waals surface area contributed by atoms with Gasteiger partial charge in [0.15, 0.2) is 0 Å². The molecule has 0 fully saturated rings. The molecule has 0 saturated heterocycles. The van der Waals surface area contributed by atoms with Crippen molar-refractivity contribution in [3.8, 4) is 0 Å². The van der Waals surface area contributed by atoms with E-state index in [4.69, 9.17) is 0 Å². The average Bonchev–Trinajstić information content (AvgIpc) is 2.18. The summed E-state index contributed by atoms with van der Waals surface area (Å²) in [5.41, 5.74) is 0.866. The molecule has 1 aromatic carbocycles. The lowest BCUT2D eigenvalue weighted by molar-refractivity contribution is -0.115. The molecule has 0 saturated carbocycles. The van der Waals surface area contributed by atoms with Crippen LogP contribution in [0.2, 0.25) is 0 Å². The highest BCUT2D eigenvalue weighted by molar-refractivity contribution is 8.00. The van der Waals surface area contributed by atoms with Crippen molar-refractivity contribution in [1.29, 1.82) is 0 Å². The third-order valence-electron chi connectivity index (χ3n) is 1.88. The van der Waals surface area contributed by atoms with Crippen molar-refractivity contribution in [3.05, 3.63) is 24.3 Å². The Hall–Kier alpha value is -0.960. The zero-order valence-corrected chi connectivity index (χ0v) is 11.1. The van der Waals surface area contributed by atoms with Crippen LogP contribution in [0.25, 0.3) is 0 Å². The van der Waals surface area contributed by atoms with E-state index in [1.807, 2.05) is 43.0 Å². The molecule has 0 bridgehead atoms. The van der Waals surface area contributed by atoms with Crippen LogP contribution < -0.4 is 5.32 Å². The number of amides is 1. The Kier molecular flexibility index (Phi) is 4.42. The second-order valence-corrected chi connectivity index (χ2v) is 6.54. The largest absolute Gasteiger partial charge is 0.326 e. The molecule has 0 radical (unpaired) electrons. The van der Waals surface area contributed by atoms with E-state index in [2.05, 4.69) is 26.1 Å². The van der Waals surface area contributed by atoms with E-state index in [9.17, 15) is 4.79 Å². The summed E-state index contributed by atoms with van der Waals surface area (Å²) in [6.07, 6.45) is 0.512. The van der Waals surface area contributed by atoms with Crippen molar-refractivity contribution in [2.45, 2.75) is 43.8 Å². The van der Waals surface area contributed by atoms with E-state index >= 15 is 0 Å². The van der Waals surface area contributed by atoms with Gasteiger partial charge >= 0.3 is 0 Å². The van der Waals surface area contributed by atoms with Gasteiger partial charge in [-0.15, -0.1) is 11.8 Å². The zero-order valence-electron chi connectivity index (χ0n) is 10.3. The summed E-state index contributed by atoms with van der Waals surface area (Å²) in [4.78, 5) is 12.4. The number of benzene rings is 1. The Morgan fingerprint density at radius 2 is 1.81 bits per heavy atom. The smallest absolute Gasteiger partial charge is 0.224 e. The fourth-order valence-corrected chi connectivity index (χ4v) is 2.19. The molecule has 0 atom stereocenters. The summed E-state index contributed by atoms with van der Waals surface area (Å²) in [5.74, 6) is 0.0521. The molecule has 1 rings (SSSR count). The first kappa shape index (κ1) is 13.1. The second kappa shape index (κ2) is 5.39. The van der Waals surface area contributed by atoms with Gasteiger partial charge in [0.05, 0.1) is 0 Å². The van der Waals surface area contributed by atoms with Gasteiger partial charge in [0, 0.05) is 21.8 Å². The van der Waals surface area contributed by atoms with Crippen LogP contribution in [0.1, 0.15) is 34.1 Å². The van der Waals surface area contributed by atoms with Gasteiger partial charge in [0.2, 0.25) is 5.91 Å².